The number of aliphatic hydroxyl groups excluding tert-OH is 1. The highest BCUT2D eigenvalue weighted by molar-refractivity contribution is 7.47. The molecule has 0 aromatic heterocycles. The van der Waals surface area contributed by atoms with Gasteiger partial charge in [-0.3, -0.25) is 37.3 Å². The van der Waals surface area contributed by atoms with Crippen LogP contribution < -0.4 is 0 Å². The van der Waals surface area contributed by atoms with Gasteiger partial charge >= 0.3 is 39.5 Å². The summed E-state index contributed by atoms with van der Waals surface area (Å²) in [6.07, 6.45) is 76.5. The van der Waals surface area contributed by atoms with Gasteiger partial charge in [-0.1, -0.05) is 433 Å². The molecule has 0 aliphatic carbocycles. The van der Waals surface area contributed by atoms with Crippen LogP contribution in [0.25, 0.3) is 0 Å². The Morgan fingerprint density at radius 1 is 0.259 bits per heavy atom. The van der Waals surface area contributed by atoms with Crippen molar-refractivity contribution in [3.63, 3.8) is 0 Å². The van der Waals surface area contributed by atoms with Crippen molar-refractivity contribution in [1.82, 2.24) is 0 Å². The number of carbonyl (C=O) groups excluding carboxylic acids is 4. The van der Waals surface area contributed by atoms with E-state index in [1.807, 2.05) is 0 Å². The Morgan fingerprint density at radius 3 is 0.657 bits per heavy atom. The molecule has 0 spiro atoms. The van der Waals surface area contributed by atoms with Crippen molar-refractivity contribution in [2.24, 2.45) is 5.92 Å². The Labute approximate surface area is 664 Å². The third-order valence-corrected chi connectivity index (χ3v) is 23.3. The highest BCUT2D eigenvalue weighted by Crippen LogP contribution is 2.45. The van der Waals surface area contributed by atoms with Gasteiger partial charge in [0.1, 0.15) is 19.3 Å². The summed E-state index contributed by atoms with van der Waals surface area (Å²) in [5.74, 6) is -1.23. The topological polar surface area (TPSA) is 237 Å². The maximum absolute atomic E-state index is 13.2. The molecule has 0 saturated heterocycles. The van der Waals surface area contributed by atoms with Crippen molar-refractivity contribution < 1.29 is 80.2 Å². The first-order chi connectivity index (χ1) is 52.6. The molecule has 0 rings (SSSR count). The van der Waals surface area contributed by atoms with E-state index >= 15 is 0 Å². The largest absolute Gasteiger partial charge is 0.472 e. The zero-order valence-electron chi connectivity index (χ0n) is 71.0. The predicted octanol–water partition coefficient (Wildman–Crippen LogP) is 27.5. The second-order valence-electron chi connectivity index (χ2n) is 32.2. The Kier molecular flexibility index (Phi) is 80.2. The summed E-state index contributed by atoms with van der Waals surface area (Å²) in [4.78, 5) is 73.2. The number of aliphatic hydroxyl groups is 1. The Hall–Kier alpha value is -1.94. The smallest absolute Gasteiger partial charge is 0.462 e. The van der Waals surface area contributed by atoms with Gasteiger partial charge in [0, 0.05) is 25.7 Å². The molecule has 0 heterocycles. The second-order valence-corrected chi connectivity index (χ2v) is 35.1. The molecule has 0 saturated carbocycles. The number of phosphoric acid groups is 2. The predicted molar refractivity (Wildman–Crippen MR) is 446 cm³/mol. The molecule has 0 aromatic rings. The van der Waals surface area contributed by atoms with Crippen molar-refractivity contribution in [1.29, 1.82) is 0 Å². The summed E-state index contributed by atoms with van der Waals surface area (Å²) in [5, 5.41) is 10.7. The molecule has 0 aliphatic heterocycles. The summed E-state index contributed by atoms with van der Waals surface area (Å²) in [6.45, 7) is 7.43. The molecule has 0 amide bonds. The maximum atomic E-state index is 13.2. The van der Waals surface area contributed by atoms with Crippen LogP contribution in [0.15, 0.2) is 0 Å². The number of ether oxygens (including phenoxy) is 4. The number of hydrogen-bond donors (Lipinski definition) is 3. The highest BCUT2D eigenvalue weighted by Gasteiger charge is 2.31. The van der Waals surface area contributed by atoms with Gasteiger partial charge in [0.25, 0.3) is 0 Å². The van der Waals surface area contributed by atoms with Gasteiger partial charge in [0.05, 0.1) is 26.4 Å². The minimum Gasteiger partial charge on any atom is -0.462 e. The third-order valence-electron chi connectivity index (χ3n) is 21.4. The number of rotatable bonds is 89. The number of hydrogen-bond acceptors (Lipinski definition) is 15. The van der Waals surface area contributed by atoms with Crippen molar-refractivity contribution in [2.75, 3.05) is 39.6 Å². The summed E-state index contributed by atoms with van der Waals surface area (Å²) in [6, 6.07) is 0. The lowest BCUT2D eigenvalue weighted by molar-refractivity contribution is -0.161. The van der Waals surface area contributed by atoms with Gasteiger partial charge in [-0.25, -0.2) is 9.13 Å². The number of carbonyl (C=O) groups is 4. The molecule has 3 unspecified atom stereocenters. The van der Waals surface area contributed by atoms with E-state index in [0.29, 0.717) is 25.7 Å². The van der Waals surface area contributed by atoms with Gasteiger partial charge < -0.3 is 33.8 Å². The van der Waals surface area contributed by atoms with Crippen LogP contribution >= 0.6 is 15.6 Å². The standard InChI is InChI=1S/C89H174O17P2/c1-6-10-13-16-19-22-24-26-28-29-30-31-32-33-37-41-44-48-53-58-63-68-73-87(92)100-79-85(106-89(94)75-70-65-60-55-50-46-42-38-35-34-36-40-43-47-52-56-61-66-71-82(5)9-4)81-104-108(97,98)102-77-83(90)76-101-107(95,96)103-80-84(78-99-86(91)72-67-62-57-51-21-18-15-12-8-3)105-88(93)74-69-64-59-54-49-45-39-27-25-23-20-17-14-11-7-2/h82-85,90H,6-81H2,1-5H3,(H,95,96)(H,97,98)/t82?,83-,84+,85+/m0/s1. The van der Waals surface area contributed by atoms with Crippen LogP contribution in [0.4, 0.5) is 0 Å². The zero-order valence-corrected chi connectivity index (χ0v) is 72.8. The van der Waals surface area contributed by atoms with Crippen molar-refractivity contribution >= 4 is 39.5 Å². The average molecular weight is 1580 g/mol. The Balaban J connectivity index is 5.18. The summed E-state index contributed by atoms with van der Waals surface area (Å²) < 4.78 is 68.9. The van der Waals surface area contributed by atoms with Crippen LogP contribution in [0, 0.1) is 5.92 Å². The molecular weight excluding hydrogens is 1400 g/mol. The molecule has 19 heteroatoms. The molecule has 3 N–H and O–H groups in total. The molecule has 0 bridgehead atoms. The summed E-state index contributed by atoms with van der Waals surface area (Å²) in [7, 11) is -9.93. The van der Waals surface area contributed by atoms with Crippen LogP contribution in [0.1, 0.15) is 484 Å². The first-order valence-electron chi connectivity index (χ1n) is 46.2. The zero-order chi connectivity index (χ0) is 79.0. The van der Waals surface area contributed by atoms with E-state index in [-0.39, 0.29) is 25.7 Å². The quantitative estimate of drug-likeness (QED) is 0.0222. The first-order valence-corrected chi connectivity index (χ1v) is 49.2. The third kappa shape index (κ3) is 80.7. The molecule has 6 atom stereocenters. The maximum Gasteiger partial charge on any atom is 0.472 e. The lowest BCUT2D eigenvalue weighted by atomic mass is 9.99. The number of phosphoric ester groups is 2. The molecule has 0 fully saturated rings. The lowest BCUT2D eigenvalue weighted by Gasteiger charge is -2.21. The van der Waals surface area contributed by atoms with E-state index in [0.717, 1.165) is 95.8 Å². The Bertz CT molecular complexity index is 2050. The van der Waals surface area contributed by atoms with Crippen LogP contribution in [0.2, 0.25) is 0 Å². The van der Waals surface area contributed by atoms with Gasteiger partial charge in [-0.05, 0) is 31.6 Å². The number of esters is 4. The minimum absolute atomic E-state index is 0.109. The lowest BCUT2D eigenvalue weighted by Crippen LogP contribution is -2.30. The molecule has 642 valence electrons. The SMILES string of the molecule is CCCCCCCCCCCCCCCCCCCCCCCCC(=O)OC[C@H](COP(=O)(O)OC[C@@H](O)COP(=O)(O)OC[C@@H](COC(=O)CCCCCCCCCCC)OC(=O)CCCCCCCCCCCCCCCCC)OC(=O)CCCCCCCCCCCCCCCCCCCCC(C)CC. The molecular formula is C89H174O17P2. The highest BCUT2D eigenvalue weighted by atomic mass is 31.2. The Morgan fingerprint density at radius 2 is 0.444 bits per heavy atom. The second kappa shape index (κ2) is 81.6. The van der Waals surface area contributed by atoms with Crippen LogP contribution in [-0.2, 0) is 65.4 Å². The molecule has 108 heavy (non-hydrogen) atoms. The van der Waals surface area contributed by atoms with Gasteiger partial charge in [0.2, 0.25) is 0 Å². The van der Waals surface area contributed by atoms with E-state index < -0.39 is 97.5 Å². The fourth-order valence-corrected chi connectivity index (χ4v) is 15.5. The monoisotopic (exact) mass is 1580 g/mol. The fraction of sp³-hybridized carbons (Fsp3) is 0.955. The van der Waals surface area contributed by atoms with Gasteiger partial charge in [-0.15, -0.1) is 0 Å². The number of unbranched alkanes of at least 4 members (excludes halogenated alkanes) is 60. The van der Waals surface area contributed by atoms with E-state index in [2.05, 4.69) is 34.6 Å². The van der Waals surface area contributed by atoms with E-state index in [1.165, 1.54) is 308 Å². The summed E-state index contributed by atoms with van der Waals surface area (Å²) in [5.41, 5.74) is 0. The van der Waals surface area contributed by atoms with Crippen LogP contribution in [0.3, 0.4) is 0 Å². The van der Waals surface area contributed by atoms with E-state index in [1.54, 1.807) is 0 Å². The van der Waals surface area contributed by atoms with Gasteiger partial charge in [0.15, 0.2) is 12.2 Å². The minimum atomic E-state index is -4.97. The van der Waals surface area contributed by atoms with Crippen molar-refractivity contribution in [3.05, 3.63) is 0 Å². The fourth-order valence-electron chi connectivity index (χ4n) is 14.0. The van der Waals surface area contributed by atoms with E-state index in [4.69, 9.17) is 37.0 Å². The average Bonchev–Trinajstić information content (AvgIpc) is 0.898. The first kappa shape index (κ1) is 106. The van der Waals surface area contributed by atoms with Gasteiger partial charge in [-0.2, -0.15) is 0 Å². The van der Waals surface area contributed by atoms with Crippen molar-refractivity contribution in [2.45, 2.75) is 502 Å². The normalized spacial score (nSPS) is 14.0. The van der Waals surface area contributed by atoms with Crippen LogP contribution in [-0.4, -0.2) is 96.7 Å². The van der Waals surface area contributed by atoms with E-state index in [9.17, 15) is 43.2 Å². The molecule has 0 aromatic carbocycles. The van der Waals surface area contributed by atoms with Crippen molar-refractivity contribution in [3.8, 4) is 0 Å². The molecule has 17 nitrogen and oxygen atoms in total. The molecule has 0 radical (unpaired) electrons. The summed E-state index contributed by atoms with van der Waals surface area (Å²) >= 11 is 0. The van der Waals surface area contributed by atoms with Crippen LogP contribution in [0.5, 0.6) is 0 Å². The molecule has 0 aliphatic rings.